The summed E-state index contributed by atoms with van der Waals surface area (Å²) < 4.78 is 15.6. The van der Waals surface area contributed by atoms with E-state index in [0.717, 1.165) is 10.7 Å². The number of likely N-dealkylation sites (N-methyl/N-ethyl adjacent to an activating group) is 1. The van der Waals surface area contributed by atoms with Crippen LogP contribution in [0.5, 0.6) is 11.5 Å². The van der Waals surface area contributed by atoms with Crippen molar-refractivity contribution in [2.75, 3.05) is 33.4 Å². The predicted molar refractivity (Wildman–Crippen MR) is 106 cm³/mol. The van der Waals surface area contributed by atoms with Crippen LogP contribution in [0.3, 0.4) is 0 Å². The van der Waals surface area contributed by atoms with Crippen molar-refractivity contribution in [1.82, 2.24) is 4.90 Å². The Labute approximate surface area is 163 Å². The number of methoxy groups -OCH3 is 1. The number of rotatable bonds is 8. The first-order valence-electron chi connectivity index (χ1n) is 8.76. The van der Waals surface area contributed by atoms with Gasteiger partial charge in [-0.2, -0.15) is 0 Å². The number of carbonyl (C=O) groups is 2. The van der Waals surface area contributed by atoms with E-state index in [1.807, 2.05) is 20.8 Å². The maximum Gasteiger partial charge on any atom is 0.343 e. The van der Waals surface area contributed by atoms with E-state index < -0.39 is 5.97 Å². The van der Waals surface area contributed by atoms with Gasteiger partial charge in [0, 0.05) is 13.1 Å². The number of hydrogen-bond acceptors (Lipinski definition) is 7. The summed E-state index contributed by atoms with van der Waals surface area (Å²) in [5.41, 5.74) is 0.800. The second-order valence-corrected chi connectivity index (χ2v) is 6.43. The standard InChI is InChI=1S/C19H24N2O5S/c1-5-20-19-21(6-2)18(23)16(27-19)11-13-8-9-14(15(10-13)25-7-3)26-12-17(22)24-4/h8-11H,5-7,12H2,1-4H3/b16-11-,20-19?. The van der Waals surface area contributed by atoms with Crippen LogP contribution >= 0.6 is 11.8 Å². The Balaban J connectivity index is 2.27. The van der Waals surface area contributed by atoms with Gasteiger partial charge in [-0.3, -0.25) is 14.7 Å². The summed E-state index contributed by atoms with van der Waals surface area (Å²) in [5.74, 6) is 0.414. The zero-order valence-electron chi connectivity index (χ0n) is 16.0. The lowest BCUT2D eigenvalue weighted by atomic mass is 10.2. The number of carbonyl (C=O) groups excluding carboxylic acids is 2. The highest BCUT2D eigenvalue weighted by atomic mass is 32.2. The molecule has 1 fully saturated rings. The molecule has 2 rings (SSSR count). The molecule has 1 aromatic carbocycles. The van der Waals surface area contributed by atoms with E-state index in [1.54, 1.807) is 29.2 Å². The topological polar surface area (TPSA) is 77.4 Å². The minimum absolute atomic E-state index is 0.0568. The average molecular weight is 392 g/mol. The van der Waals surface area contributed by atoms with Crippen LogP contribution in [-0.4, -0.2) is 55.4 Å². The molecule has 1 aliphatic rings. The van der Waals surface area contributed by atoms with Gasteiger partial charge < -0.3 is 14.2 Å². The number of hydrogen-bond donors (Lipinski definition) is 0. The highest BCUT2D eigenvalue weighted by Gasteiger charge is 2.31. The summed E-state index contributed by atoms with van der Waals surface area (Å²) >= 11 is 1.37. The molecule has 1 aromatic rings. The molecule has 0 N–H and O–H groups in total. The molecule has 0 unspecified atom stereocenters. The lowest BCUT2D eigenvalue weighted by Crippen LogP contribution is -2.28. The number of benzene rings is 1. The van der Waals surface area contributed by atoms with E-state index in [0.29, 0.717) is 36.1 Å². The Bertz CT molecular complexity index is 760. The van der Waals surface area contributed by atoms with Crippen LogP contribution in [0.15, 0.2) is 28.1 Å². The van der Waals surface area contributed by atoms with Crippen molar-refractivity contribution in [2.45, 2.75) is 20.8 Å². The molecule has 0 bridgehead atoms. The molecule has 7 nitrogen and oxygen atoms in total. The predicted octanol–water partition coefficient (Wildman–Crippen LogP) is 2.95. The van der Waals surface area contributed by atoms with E-state index in [4.69, 9.17) is 9.47 Å². The molecule has 0 radical (unpaired) electrons. The van der Waals surface area contributed by atoms with Crippen molar-refractivity contribution in [2.24, 2.45) is 4.99 Å². The third-order valence-corrected chi connectivity index (χ3v) is 4.68. The third kappa shape index (κ3) is 5.26. The van der Waals surface area contributed by atoms with Crippen molar-refractivity contribution in [3.05, 3.63) is 28.7 Å². The fourth-order valence-electron chi connectivity index (χ4n) is 2.39. The van der Waals surface area contributed by atoms with Gasteiger partial charge in [-0.1, -0.05) is 6.07 Å². The average Bonchev–Trinajstić information content (AvgIpc) is 2.95. The first-order valence-corrected chi connectivity index (χ1v) is 9.57. The SMILES string of the molecule is CCN=C1S/C(=C\c2ccc(OCC(=O)OC)c(OCC)c2)C(=O)N1CC. The van der Waals surface area contributed by atoms with Crippen LogP contribution in [0.2, 0.25) is 0 Å². The number of aliphatic imine (C=N–C) groups is 1. The van der Waals surface area contributed by atoms with E-state index in [1.165, 1.54) is 18.9 Å². The summed E-state index contributed by atoms with van der Waals surface area (Å²) in [4.78, 5) is 30.5. The molecule has 0 aliphatic carbocycles. The molecular weight excluding hydrogens is 368 g/mol. The summed E-state index contributed by atoms with van der Waals surface area (Å²) in [6.45, 7) is 7.17. The van der Waals surface area contributed by atoms with Crippen LogP contribution in [0.4, 0.5) is 0 Å². The minimum atomic E-state index is -0.473. The molecule has 1 heterocycles. The molecule has 0 saturated carbocycles. The van der Waals surface area contributed by atoms with Gasteiger partial charge in [0.05, 0.1) is 18.6 Å². The molecule has 1 saturated heterocycles. The molecule has 0 aromatic heterocycles. The maximum absolute atomic E-state index is 12.6. The second kappa shape index (κ2) is 10.0. The van der Waals surface area contributed by atoms with Crippen molar-refractivity contribution < 1.29 is 23.8 Å². The molecule has 27 heavy (non-hydrogen) atoms. The number of ether oxygens (including phenoxy) is 3. The van der Waals surface area contributed by atoms with Crippen LogP contribution in [0.25, 0.3) is 6.08 Å². The number of nitrogens with zero attached hydrogens (tertiary/aromatic N) is 2. The van der Waals surface area contributed by atoms with Gasteiger partial charge in [-0.25, -0.2) is 4.79 Å². The lowest BCUT2D eigenvalue weighted by molar-refractivity contribution is -0.142. The summed E-state index contributed by atoms with van der Waals surface area (Å²) in [6, 6.07) is 5.30. The largest absolute Gasteiger partial charge is 0.490 e. The first kappa shape index (κ1) is 20.8. The quantitative estimate of drug-likeness (QED) is 0.500. The Morgan fingerprint density at radius 3 is 2.63 bits per heavy atom. The van der Waals surface area contributed by atoms with Crippen molar-refractivity contribution in [3.8, 4) is 11.5 Å². The van der Waals surface area contributed by atoms with E-state index in [2.05, 4.69) is 9.73 Å². The van der Waals surface area contributed by atoms with Crippen molar-refractivity contribution in [3.63, 3.8) is 0 Å². The molecule has 146 valence electrons. The monoisotopic (exact) mass is 392 g/mol. The number of amidine groups is 1. The molecular formula is C19H24N2O5S. The van der Waals surface area contributed by atoms with Crippen molar-refractivity contribution in [1.29, 1.82) is 0 Å². The van der Waals surface area contributed by atoms with Gasteiger partial charge in [0.1, 0.15) is 0 Å². The molecule has 8 heteroatoms. The Kier molecular flexibility index (Phi) is 7.72. The van der Waals surface area contributed by atoms with E-state index in [9.17, 15) is 9.59 Å². The Morgan fingerprint density at radius 1 is 1.22 bits per heavy atom. The van der Waals surface area contributed by atoms with Gasteiger partial charge in [0.2, 0.25) is 0 Å². The third-order valence-electron chi connectivity index (χ3n) is 3.64. The minimum Gasteiger partial charge on any atom is -0.490 e. The Hall–Kier alpha value is -2.48. The van der Waals surface area contributed by atoms with E-state index in [-0.39, 0.29) is 12.5 Å². The molecule has 1 aliphatic heterocycles. The normalized spacial score (nSPS) is 16.9. The van der Waals surface area contributed by atoms with Gasteiger partial charge in [0.15, 0.2) is 23.3 Å². The van der Waals surface area contributed by atoms with Crippen LogP contribution in [0.1, 0.15) is 26.3 Å². The van der Waals surface area contributed by atoms with Crippen LogP contribution in [0, 0.1) is 0 Å². The molecule has 0 spiro atoms. The Morgan fingerprint density at radius 2 is 2.00 bits per heavy atom. The van der Waals surface area contributed by atoms with Gasteiger partial charge in [-0.05, 0) is 56.3 Å². The summed E-state index contributed by atoms with van der Waals surface area (Å²) in [5, 5.41) is 0.722. The zero-order valence-corrected chi connectivity index (χ0v) is 16.8. The number of thioether (sulfide) groups is 1. The number of esters is 1. The fraction of sp³-hybridized carbons (Fsp3) is 0.421. The van der Waals surface area contributed by atoms with Gasteiger partial charge in [-0.15, -0.1) is 0 Å². The second-order valence-electron chi connectivity index (χ2n) is 5.42. The molecule has 1 amide bonds. The van der Waals surface area contributed by atoms with Gasteiger partial charge >= 0.3 is 5.97 Å². The zero-order chi connectivity index (χ0) is 19.8. The summed E-state index contributed by atoms with van der Waals surface area (Å²) in [6.07, 6.45) is 1.81. The van der Waals surface area contributed by atoms with Crippen molar-refractivity contribution >= 4 is 34.9 Å². The van der Waals surface area contributed by atoms with Gasteiger partial charge in [0.25, 0.3) is 5.91 Å². The first-order chi connectivity index (χ1) is 13.0. The van der Waals surface area contributed by atoms with Crippen LogP contribution < -0.4 is 9.47 Å². The lowest BCUT2D eigenvalue weighted by Gasteiger charge is -2.12. The van der Waals surface area contributed by atoms with Crippen LogP contribution in [-0.2, 0) is 14.3 Å². The fourth-order valence-corrected chi connectivity index (χ4v) is 3.49. The highest BCUT2D eigenvalue weighted by molar-refractivity contribution is 8.18. The molecule has 0 atom stereocenters. The maximum atomic E-state index is 12.6. The summed E-state index contributed by atoms with van der Waals surface area (Å²) in [7, 11) is 1.30. The highest BCUT2D eigenvalue weighted by Crippen LogP contribution is 2.34. The smallest absolute Gasteiger partial charge is 0.343 e. The van der Waals surface area contributed by atoms with E-state index >= 15 is 0 Å². The number of amides is 1.